The van der Waals surface area contributed by atoms with Crippen molar-refractivity contribution in [1.82, 2.24) is 0 Å². The topological polar surface area (TPSA) is 104 Å². The van der Waals surface area contributed by atoms with Crippen LogP contribution in [-0.4, -0.2) is 27.3 Å². The molecular formula is C18H18O6. The summed E-state index contributed by atoms with van der Waals surface area (Å²) < 4.78 is 4.93. The normalized spacial score (nSPS) is 9.92. The highest BCUT2D eigenvalue weighted by molar-refractivity contribution is 5.72. The minimum atomic E-state index is -0.833. The van der Waals surface area contributed by atoms with Crippen LogP contribution >= 0.6 is 0 Å². The molecule has 0 radical (unpaired) electrons. The molecule has 0 unspecified atom stereocenters. The molecule has 0 atom stereocenters. The molecule has 3 N–H and O–H groups in total. The van der Waals surface area contributed by atoms with Gasteiger partial charge in [0.15, 0.2) is 0 Å². The Morgan fingerprint density at radius 1 is 0.875 bits per heavy atom. The van der Waals surface area contributed by atoms with E-state index in [0.29, 0.717) is 11.3 Å². The summed E-state index contributed by atoms with van der Waals surface area (Å²) in [5.74, 6) is -0.683. The first-order chi connectivity index (χ1) is 11.3. The van der Waals surface area contributed by atoms with Crippen molar-refractivity contribution < 1.29 is 29.6 Å². The van der Waals surface area contributed by atoms with Crippen LogP contribution in [0.3, 0.4) is 0 Å². The third-order valence-electron chi connectivity index (χ3n) is 2.53. The highest BCUT2D eigenvalue weighted by atomic mass is 16.5. The van der Waals surface area contributed by atoms with Crippen LogP contribution in [0.25, 0.3) is 12.2 Å². The zero-order valence-corrected chi connectivity index (χ0v) is 13.3. The predicted octanol–water partition coefficient (Wildman–Crippen LogP) is 3.28. The van der Waals surface area contributed by atoms with E-state index in [1.54, 1.807) is 42.5 Å². The SMILES string of the molecule is CC(=O)O.CC(=O)Oc1ccc(C=Cc2cc(O)cc(O)c2)cc1. The number of aliphatic carboxylic acids is 1. The molecule has 24 heavy (non-hydrogen) atoms. The summed E-state index contributed by atoms with van der Waals surface area (Å²) in [5.41, 5.74) is 1.59. The van der Waals surface area contributed by atoms with Crippen molar-refractivity contribution in [3.05, 3.63) is 53.6 Å². The molecule has 6 heteroatoms. The summed E-state index contributed by atoms with van der Waals surface area (Å²) in [6.07, 6.45) is 3.59. The Labute approximate surface area is 139 Å². The fourth-order valence-electron chi connectivity index (χ4n) is 1.72. The summed E-state index contributed by atoms with van der Waals surface area (Å²) in [7, 11) is 0. The Bertz CT molecular complexity index is 707. The summed E-state index contributed by atoms with van der Waals surface area (Å²) in [5, 5.41) is 26.2. The average molecular weight is 330 g/mol. The van der Waals surface area contributed by atoms with Gasteiger partial charge in [-0.2, -0.15) is 0 Å². The van der Waals surface area contributed by atoms with Crippen molar-refractivity contribution in [3.63, 3.8) is 0 Å². The first-order valence-corrected chi connectivity index (χ1v) is 6.95. The maximum Gasteiger partial charge on any atom is 0.308 e. The third-order valence-corrected chi connectivity index (χ3v) is 2.53. The molecule has 0 aromatic heterocycles. The lowest BCUT2D eigenvalue weighted by Crippen LogP contribution is -2.00. The van der Waals surface area contributed by atoms with Crippen LogP contribution in [0, 0.1) is 0 Å². The highest BCUT2D eigenvalue weighted by Gasteiger charge is 1.98. The molecule has 0 saturated carbocycles. The molecule has 0 bridgehead atoms. The average Bonchev–Trinajstić information content (AvgIpc) is 2.44. The first kappa shape index (κ1) is 18.8. The standard InChI is InChI=1S/C16H14O4.C2H4O2/c1-11(17)20-16-6-4-12(5-7-16)2-3-13-8-14(18)10-15(19)9-13;1-2(3)4/h2-10,18-19H,1H3;1H3,(H,3,4). The van der Waals surface area contributed by atoms with Gasteiger partial charge in [0, 0.05) is 19.9 Å². The summed E-state index contributed by atoms with van der Waals surface area (Å²) in [6.45, 7) is 2.43. The molecule has 0 heterocycles. The van der Waals surface area contributed by atoms with E-state index in [2.05, 4.69) is 0 Å². The number of benzene rings is 2. The van der Waals surface area contributed by atoms with Crippen molar-refractivity contribution in [1.29, 1.82) is 0 Å². The van der Waals surface area contributed by atoms with E-state index >= 15 is 0 Å². The molecule has 0 fully saturated rings. The summed E-state index contributed by atoms with van der Waals surface area (Å²) >= 11 is 0. The molecular weight excluding hydrogens is 312 g/mol. The van der Waals surface area contributed by atoms with Crippen LogP contribution in [-0.2, 0) is 9.59 Å². The molecule has 126 valence electrons. The van der Waals surface area contributed by atoms with Crippen LogP contribution in [0.1, 0.15) is 25.0 Å². The first-order valence-electron chi connectivity index (χ1n) is 6.95. The van der Waals surface area contributed by atoms with Crippen LogP contribution in [0.5, 0.6) is 17.2 Å². The molecule has 0 amide bonds. The van der Waals surface area contributed by atoms with E-state index in [0.717, 1.165) is 12.5 Å². The van der Waals surface area contributed by atoms with Gasteiger partial charge in [-0.1, -0.05) is 24.3 Å². The Morgan fingerprint density at radius 2 is 1.33 bits per heavy atom. The number of carbonyl (C=O) groups excluding carboxylic acids is 1. The number of carbonyl (C=O) groups is 2. The number of aromatic hydroxyl groups is 2. The fraction of sp³-hybridized carbons (Fsp3) is 0.111. The molecule has 0 aliphatic rings. The van der Waals surface area contributed by atoms with Crippen LogP contribution in [0.15, 0.2) is 42.5 Å². The van der Waals surface area contributed by atoms with E-state index in [1.807, 2.05) is 6.08 Å². The minimum absolute atomic E-state index is 0.00913. The zero-order chi connectivity index (χ0) is 18.1. The van der Waals surface area contributed by atoms with Gasteiger partial charge < -0.3 is 20.1 Å². The van der Waals surface area contributed by atoms with E-state index in [-0.39, 0.29) is 17.5 Å². The molecule has 2 aromatic carbocycles. The molecule has 0 saturated heterocycles. The third kappa shape index (κ3) is 7.65. The van der Waals surface area contributed by atoms with Gasteiger partial charge >= 0.3 is 5.97 Å². The zero-order valence-electron chi connectivity index (χ0n) is 13.3. The molecule has 0 aliphatic heterocycles. The van der Waals surface area contributed by atoms with Gasteiger partial charge in [0.2, 0.25) is 0 Å². The Balaban J connectivity index is 0.000000648. The van der Waals surface area contributed by atoms with Crippen LogP contribution in [0.4, 0.5) is 0 Å². The predicted molar refractivity (Wildman–Crippen MR) is 89.8 cm³/mol. The number of hydrogen-bond acceptors (Lipinski definition) is 5. The van der Waals surface area contributed by atoms with Gasteiger partial charge in [-0.25, -0.2) is 0 Å². The monoisotopic (exact) mass is 330 g/mol. The van der Waals surface area contributed by atoms with Crippen molar-refractivity contribution in [2.45, 2.75) is 13.8 Å². The largest absolute Gasteiger partial charge is 0.508 e. The second-order valence-corrected chi connectivity index (χ2v) is 4.80. The van der Waals surface area contributed by atoms with Crippen molar-refractivity contribution >= 4 is 24.1 Å². The molecule has 0 spiro atoms. The van der Waals surface area contributed by atoms with Gasteiger partial charge in [0.1, 0.15) is 17.2 Å². The van der Waals surface area contributed by atoms with Gasteiger partial charge in [-0.3, -0.25) is 9.59 Å². The number of hydrogen-bond donors (Lipinski definition) is 3. The van der Waals surface area contributed by atoms with Gasteiger partial charge in [-0.05, 0) is 35.4 Å². The molecule has 6 nitrogen and oxygen atoms in total. The Morgan fingerprint density at radius 3 is 1.79 bits per heavy atom. The Hall–Kier alpha value is -3.28. The Kier molecular flexibility index (Phi) is 7.03. The van der Waals surface area contributed by atoms with Crippen molar-refractivity contribution in [3.8, 4) is 17.2 Å². The van der Waals surface area contributed by atoms with E-state index in [9.17, 15) is 15.0 Å². The molecule has 2 aromatic rings. The number of phenolic OH excluding ortho intramolecular Hbond substituents is 2. The van der Waals surface area contributed by atoms with Crippen molar-refractivity contribution in [2.75, 3.05) is 0 Å². The van der Waals surface area contributed by atoms with E-state index < -0.39 is 5.97 Å². The number of phenols is 2. The lowest BCUT2D eigenvalue weighted by molar-refractivity contribution is -0.134. The van der Waals surface area contributed by atoms with E-state index in [1.165, 1.54) is 13.0 Å². The number of ether oxygens (including phenoxy) is 1. The van der Waals surface area contributed by atoms with Crippen LogP contribution in [0.2, 0.25) is 0 Å². The maximum absolute atomic E-state index is 10.8. The summed E-state index contributed by atoms with van der Waals surface area (Å²) in [6, 6.07) is 11.4. The maximum atomic E-state index is 10.8. The number of esters is 1. The van der Waals surface area contributed by atoms with Crippen molar-refractivity contribution in [2.24, 2.45) is 0 Å². The van der Waals surface area contributed by atoms with Crippen LogP contribution < -0.4 is 4.74 Å². The summed E-state index contributed by atoms with van der Waals surface area (Å²) in [4.78, 5) is 19.8. The number of rotatable bonds is 3. The second-order valence-electron chi connectivity index (χ2n) is 4.80. The lowest BCUT2D eigenvalue weighted by Gasteiger charge is -2.01. The fourth-order valence-corrected chi connectivity index (χ4v) is 1.72. The van der Waals surface area contributed by atoms with Gasteiger partial charge in [0.25, 0.3) is 5.97 Å². The molecule has 2 rings (SSSR count). The lowest BCUT2D eigenvalue weighted by atomic mass is 10.1. The number of carboxylic acids is 1. The van der Waals surface area contributed by atoms with Gasteiger partial charge in [-0.15, -0.1) is 0 Å². The van der Waals surface area contributed by atoms with E-state index in [4.69, 9.17) is 14.6 Å². The minimum Gasteiger partial charge on any atom is -0.508 e. The number of carboxylic acid groups (broad SMARTS) is 1. The quantitative estimate of drug-likeness (QED) is 0.453. The van der Waals surface area contributed by atoms with Gasteiger partial charge in [0.05, 0.1) is 0 Å². The highest BCUT2D eigenvalue weighted by Crippen LogP contribution is 2.22. The smallest absolute Gasteiger partial charge is 0.308 e. The molecule has 0 aliphatic carbocycles. The second kappa shape index (κ2) is 8.99.